The first-order valence-corrected chi connectivity index (χ1v) is 11.1. The van der Waals surface area contributed by atoms with Crippen LogP contribution in [-0.2, 0) is 10.0 Å². The molecule has 0 unspecified atom stereocenters. The van der Waals surface area contributed by atoms with Gasteiger partial charge in [0.15, 0.2) is 5.82 Å². The van der Waals surface area contributed by atoms with Crippen molar-refractivity contribution >= 4 is 49.8 Å². The van der Waals surface area contributed by atoms with Crippen molar-refractivity contribution in [3.63, 3.8) is 0 Å². The van der Waals surface area contributed by atoms with E-state index in [1.807, 2.05) is 0 Å². The predicted octanol–water partition coefficient (Wildman–Crippen LogP) is 3.74. The summed E-state index contributed by atoms with van der Waals surface area (Å²) in [5.74, 6) is -3.04. The highest BCUT2D eigenvalue weighted by molar-refractivity contribution is 7.92. The Hall–Kier alpha value is -2.85. The predicted molar refractivity (Wildman–Crippen MR) is 109 cm³/mol. The van der Waals surface area contributed by atoms with Crippen molar-refractivity contribution in [2.45, 2.75) is 18.9 Å². The third-order valence-corrected chi connectivity index (χ3v) is 6.15. The molecule has 0 bridgehead atoms. The molecule has 3 aromatic rings. The maximum Gasteiger partial charge on any atom is 0.258 e. The quantitative estimate of drug-likeness (QED) is 0.595. The summed E-state index contributed by atoms with van der Waals surface area (Å²) in [5.41, 5.74) is -0.824. The van der Waals surface area contributed by atoms with Crippen molar-refractivity contribution < 1.29 is 22.0 Å². The van der Waals surface area contributed by atoms with Gasteiger partial charge in [0, 0.05) is 11.4 Å². The van der Waals surface area contributed by atoms with Crippen molar-refractivity contribution in [3.05, 3.63) is 59.0 Å². The molecule has 156 valence electrons. The van der Waals surface area contributed by atoms with Crippen LogP contribution < -0.4 is 9.62 Å². The lowest BCUT2D eigenvalue weighted by Gasteiger charge is -2.23. The normalized spacial score (nSPS) is 14.0. The zero-order valence-corrected chi connectivity index (χ0v) is 17.1. The minimum atomic E-state index is -3.79. The van der Waals surface area contributed by atoms with Gasteiger partial charge in [-0.05, 0) is 37.1 Å². The third-order valence-electron chi connectivity index (χ3n) is 4.64. The number of carbonyl (C=O) groups excluding carboxylic acids is 1. The van der Waals surface area contributed by atoms with Crippen molar-refractivity contribution in [1.82, 2.24) is 9.97 Å². The van der Waals surface area contributed by atoms with E-state index >= 15 is 4.39 Å². The lowest BCUT2D eigenvalue weighted by atomic mass is 10.1. The molecule has 4 rings (SSSR count). The van der Waals surface area contributed by atoms with Crippen molar-refractivity contribution in [1.29, 1.82) is 0 Å². The van der Waals surface area contributed by atoms with E-state index in [9.17, 15) is 17.6 Å². The molecule has 7 nitrogen and oxygen atoms in total. The Morgan fingerprint density at radius 3 is 2.60 bits per heavy atom. The molecule has 30 heavy (non-hydrogen) atoms. The maximum absolute atomic E-state index is 15.1. The number of fused-ring (bicyclic) bond motifs is 1. The van der Waals surface area contributed by atoms with Gasteiger partial charge in [-0.2, -0.15) is 0 Å². The Morgan fingerprint density at radius 2 is 1.93 bits per heavy atom. The minimum absolute atomic E-state index is 0.0307. The Balaban J connectivity index is 1.76. The highest BCUT2D eigenvalue weighted by Gasteiger charge is 2.37. The third kappa shape index (κ3) is 3.68. The Bertz CT molecular complexity index is 1280. The molecule has 1 saturated carbocycles. The van der Waals surface area contributed by atoms with E-state index in [1.54, 1.807) is 6.07 Å². The first kappa shape index (κ1) is 20.4. The smallest absolute Gasteiger partial charge is 0.258 e. The summed E-state index contributed by atoms with van der Waals surface area (Å²) in [5, 5.41) is 2.73. The second-order valence-corrected chi connectivity index (χ2v) is 9.08. The summed E-state index contributed by atoms with van der Waals surface area (Å²) in [6.07, 6.45) is 3.26. The summed E-state index contributed by atoms with van der Waals surface area (Å²) >= 11 is 6.01. The second-order valence-electron chi connectivity index (χ2n) is 6.87. The van der Waals surface area contributed by atoms with Crippen molar-refractivity contribution in [2.24, 2.45) is 0 Å². The van der Waals surface area contributed by atoms with Gasteiger partial charge >= 0.3 is 0 Å². The maximum atomic E-state index is 15.1. The van der Waals surface area contributed by atoms with E-state index < -0.39 is 33.3 Å². The number of sulfonamides is 1. The largest absolute Gasteiger partial charge is 0.317 e. The van der Waals surface area contributed by atoms with Gasteiger partial charge in [0.2, 0.25) is 10.0 Å². The summed E-state index contributed by atoms with van der Waals surface area (Å²) in [7, 11) is -3.79. The zero-order valence-electron chi connectivity index (χ0n) is 15.6. The highest BCUT2D eigenvalue weighted by Crippen LogP contribution is 2.38. The molecule has 1 fully saturated rings. The van der Waals surface area contributed by atoms with E-state index in [0.717, 1.165) is 22.7 Å². The van der Waals surface area contributed by atoms with Gasteiger partial charge in [0.1, 0.15) is 23.0 Å². The fraction of sp³-hybridized carbons (Fsp3) is 0.211. The molecule has 0 atom stereocenters. The van der Waals surface area contributed by atoms with Gasteiger partial charge in [0.05, 0.1) is 23.0 Å². The topological polar surface area (TPSA) is 92.3 Å². The van der Waals surface area contributed by atoms with Gasteiger partial charge < -0.3 is 5.32 Å². The molecule has 1 heterocycles. The fourth-order valence-corrected chi connectivity index (χ4v) is 4.65. The van der Waals surface area contributed by atoms with Gasteiger partial charge in [-0.3, -0.25) is 9.10 Å². The average Bonchev–Trinajstić information content (AvgIpc) is 3.51. The molecule has 0 spiro atoms. The van der Waals surface area contributed by atoms with E-state index in [-0.39, 0.29) is 28.0 Å². The molecular weight excluding hydrogens is 438 g/mol. The number of hydrogen-bond acceptors (Lipinski definition) is 5. The van der Waals surface area contributed by atoms with Crippen LogP contribution in [0.25, 0.3) is 10.9 Å². The molecule has 1 aromatic heterocycles. The van der Waals surface area contributed by atoms with E-state index in [1.165, 1.54) is 18.5 Å². The number of anilines is 2. The summed E-state index contributed by atoms with van der Waals surface area (Å²) < 4.78 is 54.7. The number of nitrogens with zero attached hydrogens (tertiary/aromatic N) is 3. The number of carbonyl (C=O) groups is 1. The Kier molecular flexibility index (Phi) is 5.07. The van der Waals surface area contributed by atoms with Gasteiger partial charge in [-0.1, -0.05) is 17.7 Å². The molecule has 0 aliphatic heterocycles. The molecule has 11 heteroatoms. The number of nitrogens with one attached hydrogen (secondary N) is 1. The standard InChI is InChI=1S/C19H15ClF2N4O3S/c1-30(28,29)26(10-5-6-10)14-8-7-13(21)17(15(14)22)25-19(27)12-4-2-3-11-16(12)23-9-24-18(11)20/h2-4,7-10H,5-6H2,1H3,(H,25,27). The number of amides is 1. The molecule has 1 aliphatic carbocycles. The number of hydrogen-bond donors (Lipinski definition) is 1. The summed E-state index contributed by atoms with van der Waals surface area (Å²) in [6, 6.07) is 6.14. The molecule has 0 radical (unpaired) electrons. The van der Waals surface area contributed by atoms with Crippen LogP contribution in [0.1, 0.15) is 23.2 Å². The molecule has 1 N–H and O–H groups in total. The monoisotopic (exact) mass is 452 g/mol. The van der Waals surface area contributed by atoms with E-state index in [0.29, 0.717) is 18.2 Å². The lowest BCUT2D eigenvalue weighted by molar-refractivity contribution is 0.102. The average molecular weight is 453 g/mol. The zero-order chi connectivity index (χ0) is 21.6. The van der Waals surface area contributed by atoms with Crippen LogP contribution in [0.5, 0.6) is 0 Å². The van der Waals surface area contributed by atoms with Crippen LogP contribution in [0.4, 0.5) is 20.2 Å². The number of aromatic nitrogens is 2. The summed E-state index contributed by atoms with van der Waals surface area (Å²) in [4.78, 5) is 20.7. The SMILES string of the molecule is CS(=O)(=O)N(c1ccc(F)c(NC(=O)c2cccc3c(Cl)ncnc23)c1F)C1CC1. The van der Waals surface area contributed by atoms with Gasteiger partial charge in [0.25, 0.3) is 5.91 Å². The van der Waals surface area contributed by atoms with Crippen molar-refractivity contribution in [3.8, 4) is 0 Å². The Morgan fingerprint density at radius 1 is 1.20 bits per heavy atom. The Labute approximate surface area is 175 Å². The fourth-order valence-electron chi connectivity index (χ4n) is 3.20. The van der Waals surface area contributed by atoms with Crippen molar-refractivity contribution in [2.75, 3.05) is 15.9 Å². The first-order valence-electron chi connectivity index (χ1n) is 8.86. The van der Waals surface area contributed by atoms with E-state index in [4.69, 9.17) is 11.6 Å². The van der Waals surface area contributed by atoms with Gasteiger partial charge in [-0.15, -0.1) is 0 Å². The van der Waals surface area contributed by atoms with Crippen LogP contribution in [0.15, 0.2) is 36.7 Å². The van der Waals surface area contributed by atoms with Crippen LogP contribution in [0.3, 0.4) is 0 Å². The number of halogens is 3. The summed E-state index contributed by atoms with van der Waals surface area (Å²) in [6.45, 7) is 0. The van der Waals surface area contributed by atoms with Crippen LogP contribution in [-0.4, -0.2) is 36.6 Å². The van der Waals surface area contributed by atoms with E-state index in [2.05, 4.69) is 15.3 Å². The van der Waals surface area contributed by atoms with Crippen LogP contribution in [0, 0.1) is 11.6 Å². The molecule has 1 amide bonds. The number of para-hydroxylation sites is 1. The molecule has 2 aromatic carbocycles. The van der Waals surface area contributed by atoms with Crippen LogP contribution in [0.2, 0.25) is 5.15 Å². The molecule has 0 saturated heterocycles. The van der Waals surface area contributed by atoms with Gasteiger partial charge in [-0.25, -0.2) is 27.2 Å². The molecular formula is C19H15ClF2N4O3S. The lowest BCUT2D eigenvalue weighted by Crippen LogP contribution is -2.33. The molecule has 1 aliphatic rings. The van der Waals surface area contributed by atoms with Crippen LogP contribution >= 0.6 is 11.6 Å². The first-order chi connectivity index (χ1) is 14.2. The highest BCUT2D eigenvalue weighted by atomic mass is 35.5. The number of benzene rings is 2. The number of rotatable bonds is 5. The second kappa shape index (κ2) is 7.44. The minimum Gasteiger partial charge on any atom is -0.317 e.